The lowest BCUT2D eigenvalue weighted by Gasteiger charge is -2.33. The Kier molecular flexibility index (Phi) is 3.99. The van der Waals surface area contributed by atoms with E-state index < -0.39 is 0 Å². The van der Waals surface area contributed by atoms with Gasteiger partial charge < -0.3 is 4.42 Å². The largest absolute Gasteiger partial charge is 0.423 e. The van der Waals surface area contributed by atoms with Gasteiger partial charge in [-0.15, -0.1) is 11.3 Å². The van der Waals surface area contributed by atoms with Crippen molar-refractivity contribution in [1.29, 1.82) is 0 Å². The summed E-state index contributed by atoms with van der Waals surface area (Å²) >= 11 is 8.13. The van der Waals surface area contributed by atoms with Crippen molar-refractivity contribution in [2.75, 3.05) is 6.54 Å². The molecule has 1 unspecified atom stereocenters. The van der Waals surface area contributed by atoms with Gasteiger partial charge in [-0.25, -0.2) is 4.79 Å². The van der Waals surface area contributed by atoms with E-state index in [4.69, 9.17) is 16.0 Å². The van der Waals surface area contributed by atoms with Crippen molar-refractivity contribution >= 4 is 33.9 Å². The molecule has 3 nitrogen and oxygen atoms in total. The lowest BCUT2D eigenvalue weighted by Crippen LogP contribution is -2.32. The van der Waals surface area contributed by atoms with E-state index in [1.54, 1.807) is 6.07 Å². The van der Waals surface area contributed by atoms with Crippen LogP contribution in [0.25, 0.3) is 11.0 Å². The maximum atomic E-state index is 12.0. The highest BCUT2D eigenvalue weighted by atomic mass is 35.5. The predicted octanol–water partition coefficient (Wildman–Crippen LogP) is 4.94. The molecule has 124 valence electrons. The Balaban J connectivity index is 1.75. The molecule has 0 bridgehead atoms. The molecule has 0 fully saturated rings. The Bertz CT molecular complexity index is 975. The molecule has 5 heteroatoms. The van der Waals surface area contributed by atoms with Crippen LogP contribution in [0, 0.1) is 6.92 Å². The molecule has 0 aliphatic carbocycles. The van der Waals surface area contributed by atoms with Gasteiger partial charge in [0.1, 0.15) is 5.58 Å². The Morgan fingerprint density at radius 2 is 2.21 bits per heavy atom. The van der Waals surface area contributed by atoms with E-state index in [1.807, 2.05) is 30.4 Å². The molecule has 1 aromatic carbocycles. The first-order chi connectivity index (χ1) is 11.5. The average Bonchev–Trinajstić information content (AvgIpc) is 3.01. The number of thiophene rings is 1. The molecule has 3 heterocycles. The second kappa shape index (κ2) is 6.03. The Labute approximate surface area is 149 Å². The molecule has 3 aromatic rings. The normalized spacial score (nSPS) is 18.0. The summed E-state index contributed by atoms with van der Waals surface area (Å²) in [6.45, 7) is 5.86. The zero-order chi connectivity index (χ0) is 16.8. The summed E-state index contributed by atoms with van der Waals surface area (Å²) in [5.74, 6) is 0. The molecule has 0 N–H and O–H groups in total. The maximum Gasteiger partial charge on any atom is 0.336 e. The van der Waals surface area contributed by atoms with Crippen LogP contribution in [0.3, 0.4) is 0 Å². The molecular weight excluding hydrogens is 342 g/mol. The molecule has 0 saturated carbocycles. The van der Waals surface area contributed by atoms with Gasteiger partial charge >= 0.3 is 5.63 Å². The fourth-order valence-electron chi connectivity index (χ4n) is 3.48. The molecule has 2 aromatic heterocycles. The van der Waals surface area contributed by atoms with Crippen molar-refractivity contribution in [2.24, 2.45) is 0 Å². The van der Waals surface area contributed by atoms with Crippen LogP contribution in [0.4, 0.5) is 0 Å². The SMILES string of the molecule is Cc1cc2oc(=O)cc(CN3CCc4sccc4C3C)c2cc1Cl. The van der Waals surface area contributed by atoms with Crippen LogP contribution in [-0.4, -0.2) is 11.4 Å². The third-order valence-electron chi connectivity index (χ3n) is 4.89. The van der Waals surface area contributed by atoms with Crippen molar-refractivity contribution in [3.8, 4) is 0 Å². The monoisotopic (exact) mass is 359 g/mol. The minimum atomic E-state index is -0.305. The van der Waals surface area contributed by atoms with Crippen LogP contribution in [0.15, 0.2) is 38.9 Å². The number of benzene rings is 1. The van der Waals surface area contributed by atoms with Gasteiger partial charge in [0.25, 0.3) is 0 Å². The summed E-state index contributed by atoms with van der Waals surface area (Å²) < 4.78 is 5.37. The topological polar surface area (TPSA) is 33.5 Å². The second-order valence-electron chi connectivity index (χ2n) is 6.38. The zero-order valence-corrected chi connectivity index (χ0v) is 15.2. The third-order valence-corrected chi connectivity index (χ3v) is 6.29. The molecule has 0 radical (unpaired) electrons. The standard InChI is InChI=1S/C19H18ClNO2S/c1-11-7-17-15(9-16(11)20)13(8-19(22)23-17)10-21-5-3-18-14(12(21)2)4-6-24-18/h4,6-9,12H,3,5,10H2,1-2H3. The molecular formula is C19H18ClNO2S. The maximum absolute atomic E-state index is 12.0. The van der Waals surface area contributed by atoms with Crippen LogP contribution in [0.5, 0.6) is 0 Å². The van der Waals surface area contributed by atoms with E-state index in [0.717, 1.165) is 36.0 Å². The molecule has 0 amide bonds. The lowest BCUT2D eigenvalue weighted by atomic mass is 10.00. The van der Waals surface area contributed by atoms with E-state index in [2.05, 4.69) is 23.3 Å². The van der Waals surface area contributed by atoms with Gasteiger partial charge in [-0.1, -0.05) is 11.6 Å². The zero-order valence-electron chi connectivity index (χ0n) is 13.6. The van der Waals surface area contributed by atoms with Gasteiger partial charge in [0, 0.05) is 40.5 Å². The molecule has 0 spiro atoms. The lowest BCUT2D eigenvalue weighted by molar-refractivity contribution is 0.192. The second-order valence-corrected chi connectivity index (χ2v) is 7.79. The van der Waals surface area contributed by atoms with Crippen molar-refractivity contribution in [3.05, 3.63) is 66.7 Å². The van der Waals surface area contributed by atoms with E-state index in [1.165, 1.54) is 10.4 Å². The minimum absolute atomic E-state index is 0.305. The summed E-state index contributed by atoms with van der Waals surface area (Å²) in [5, 5.41) is 3.79. The number of halogens is 1. The van der Waals surface area contributed by atoms with Crippen LogP contribution in [-0.2, 0) is 13.0 Å². The predicted molar refractivity (Wildman–Crippen MR) is 99.1 cm³/mol. The van der Waals surface area contributed by atoms with Crippen molar-refractivity contribution in [2.45, 2.75) is 32.9 Å². The van der Waals surface area contributed by atoms with Crippen LogP contribution >= 0.6 is 22.9 Å². The summed E-state index contributed by atoms with van der Waals surface area (Å²) in [4.78, 5) is 15.9. The highest BCUT2D eigenvalue weighted by Gasteiger charge is 2.25. The molecule has 0 saturated heterocycles. The van der Waals surface area contributed by atoms with E-state index in [9.17, 15) is 4.79 Å². The highest BCUT2D eigenvalue weighted by molar-refractivity contribution is 7.10. The van der Waals surface area contributed by atoms with Gasteiger partial charge in [-0.3, -0.25) is 4.90 Å². The third kappa shape index (κ3) is 2.69. The number of fused-ring (bicyclic) bond motifs is 2. The minimum Gasteiger partial charge on any atom is -0.423 e. The van der Waals surface area contributed by atoms with E-state index in [-0.39, 0.29) is 5.63 Å². The van der Waals surface area contributed by atoms with Gasteiger partial charge in [0.15, 0.2) is 0 Å². The van der Waals surface area contributed by atoms with E-state index in [0.29, 0.717) is 16.6 Å². The first kappa shape index (κ1) is 15.9. The van der Waals surface area contributed by atoms with Gasteiger partial charge in [-0.2, -0.15) is 0 Å². The van der Waals surface area contributed by atoms with Gasteiger partial charge in [0.05, 0.1) is 0 Å². The molecule has 24 heavy (non-hydrogen) atoms. The summed E-state index contributed by atoms with van der Waals surface area (Å²) in [5.41, 5.74) is 3.61. The average molecular weight is 360 g/mol. The summed E-state index contributed by atoms with van der Waals surface area (Å²) in [6, 6.07) is 7.93. The Morgan fingerprint density at radius 1 is 1.38 bits per heavy atom. The Hall–Kier alpha value is -1.62. The van der Waals surface area contributed by atoms with E-state index >= 15 is 0 Å². The Morgan fingerprint density at radius 3 is 3.04 bits per heavy atom. The number of aryl methyl sites for hydroxylation is 1. The van der Waals surface area contributed by atoms with Crippen LogP contribution in [0.2, 0.25) is 5.02 Å². The molecule has 1 atom stereocenters. The fourth-order valence-corrected chi connectivity index (χ4v) is 4.60. The van der Waals surface area contributed by atoms with Gasteiger partial charge in [-0.05, 0) is 60.5 Å². The van der Waals surface area contributed by atoms with Gasteiger partial charge in [0.2, 0.25) is 0 Å². The van der Waals surface area contributed by atoms with Crippen molar-refractivity contribution in [1.82, 2.24) is 4.90 Å². The quantitative estimate of drug-likeness (QED) is 0.608. The summed E-state index contributed by atoms with van der Waals surface area (Å²) in [7, 11) is 0. The van der Waals surface area contributed by atoms with Crippen molar-refractivity contribution in [3.63, 3.8) is 0 Å². The van der Waals surface area contributed by atoms with Crippen LogP contribution < -0.4 is 5.63 Å². The molecule has 4 rings (SSSR count). The first-order valence-electron chi connectivity index (χ1n) is 8.06. The van der Waals surface area contributed by atoms with Crippen LogP contribution in [0.1, 0.15) is 34.5 Å². The fraction of sp³-hybridized carbons (Fsp3) is 0.316. The van der Waals surface area contributed by atoms with Crippen molar-refractivity contribution < 1.29 is 4.42 Å². The summed E-state index contributed by atoms with van der Waals surface area (Å²) in [6.07, 6.45) is 1.07. The molecule has 1 aliphatic rings. The number of rotatable bonds is 2. The number of hydrogen-bond acceptors (Lipinski definition) is 4. The smallest absolute Gasteiger partial charge is 0.336 e. The molecule has 1 aliphatic heterocycles. The first-order valence-corrected chi connectivity index (χ1v) is 9.32. The highest BCUT2D eigenvalue weighted by Crippen LogP contribution is 2.34. The number of hydrogen-bond donors (Lipinski definition) is 0. The number of nitrogens with zero attached hydrogens (tertiary/aromatic N) is 1.